The van der Waals surface area contributed by atoms with E-state index in [9.17, 15) is 0 Å². The van der Waals surface area contributed by atoms with E-state index < -0.39 is 0 Å². The van der Waals surface area contributed by atoms with Crippen LogP contribution >= 0.6 is 0 Å². The van der Waals surface area contributed by atoms with Gasteiger partial charge in [0.2, 0.25) is 0 Å². The normalized spacial score (nSPS) is 0. The summed E-state index contributed by atoms with van der Waals surface area (Å²) in [7, 11) is 0. The molecule has 0 radical (unpaired) electrons. The Morgan fingerprint density at radius 1 is 0.500 bits per heavy atom. The first kappa shape index (κ1) is 31.1. The second-order valence-corrected chi connectivity index (χ2v) is 0. The Kier molecular flexibility index (Phi) is 137. The zero-order valence-electron chi connectivity index (χ0n) is 0.354. The molecule has 0 saturated carbocycles. The Bertz CT molecular complexity index is 3.25. The summed E-state index contributed by atoms with van der Waals surface area (Å²) in [5.74, 6) is 0. The van der Waals surface area contributed by atoms with Crippen LogP contribution in [0.5, 0.6) is 0 Å². The molecule has 26 valence electrons. The van der Waals surface area contributed by atoms with Gasteiger partial charge in [-0.05, 0) is 0 Å². The van der Waals surface area contributed by atoms with Crippen LogP contribution in [0.2, 0.25) is 0 Å². The molecule has 0 rings (SSSR count). The van der Waals surface area contributed by atoms with Crippen molar-refractivity contribution >= 4 is 59.4 Å². The molecular formula is H9Ga3Os. The Morgan fingerprint density at radius 2 is 0.500 bits per heavy atom. The van der Waals surface area contributed by atoms with Crippen molar-refractivity contribution in [2.24, 2.45) is 0 Å². The van der Waals surface area contributed by atoms with Crippen molar-refractivity contribution in [1.82, 2.24) is 0 Å². The van der Waals surface area contributed by atoms with E-state index in [0.29, 0.717) is 0 Å². The van der Waals surface area contributed by atoms with E-state index >= 15 is 0 Å². The fourth-order valence-electron chi connectivity index (χ4n) is 0. The van der Waals surface area contributed by atoms with E-state index in [-0.39, 0.29) is 79.2 Å². The van der Waals surface area contributed by atoms with Gasteiger partial charge in [0.25, 0.3) is 0 Å². The molecule has 0 atom stereocenters. The first-order chi connectivity index (χ1) is 0. The van der Waals surface area contributed by atoms with E-state index in [2.05, 4.69) is 0 Å². The van der Waals surface area contributed by atoms with Crippen LogP contribution in [0.1, 0.15) is 0 Å². The summed E-state index contributed by atoms with van der Waals surface area (Å²) in [6.07, 6.45) is 0. The van der Waals surface area contributed by atoms with Gasteiger partial charge in [0.05, 0.1) is 0 Å². The predicted octanol–water partition coefficient (Wildman–Crippen LogP) is -3.55. The molecule has 0 aliphatic rings. The van der Waals surface area contributed by atoms with Gasteiger partial charge in [-0.1, -0.05) is 0 Å². The molecule has 4 heteroatoms. The molecule has 0 heterocycles. The van der Waals surface area contributed by atoms with Crippen LogP contribution in [-0.4, -0.2) is 59.4 Å². The third kappa shape index (κ3) is 8.82. The van der Waals surface area contributed by atoms with E-state index in [1.165, 1.54) is 0 Å². The van der Waals surface area contributed by atoms with Gasteiger partial charge < -0.3 is 0 Å². The van der Waals surface area contributed by atoms with E-state index in [1.807, 2.05) is 0 Å². The third-order valence-corrected chi connectivity index (χ3v) is 0. The van der Waals surface area contributed by atoms with Gasteiger partial charge in [0.15, 0.2) is 0 Å². The van der Waals surface area contributed by atoms with Crippen LogP contribution < -0.4 is 0 Å². The number of hydrogen-bond donors (Lipinski definition) is 0. The van der Waals surface area contributed by atoms with E-state index in [1.54, 1.807) is 0 Å². The Morgan fingerprint density at radius 3 is 0.500 bits per heavy atom. The summed E-state index contributed by atoms with van der Waals surface area (Å²) in [6, 6.07) is 0. The average molecular weight is 408 g/mol. The van der Waals surface area contributed by atoms with E-state index in [0.717, 1.165) is 0 Å². The monoisotopic (exact) mass is 408 g/mol. The maximum Gasteiger partial charge on any atom is 0 e. The van der Waals surface area contributed by atoms with Crippen LogP contribution in [-0.2, 0) is 19.8 Å². The molecular weight excluding hydrogens is 399 g/mol. The van der Waals surface area contributed by atoms with Crippen molar-refractivity contribution in [3.63, 3.8) is 0 Å². The summed E-state index contributed by atoms with van der Waals surface area (Å²) >= 11 is 0. The SMILES string of the molecule is [GaH3].[GaH3].[GaH3].[Os]. The maximum absolute atomic E-state index is 0. The molecule has 0 unspecified atom stereocenters. The van der Waals surface area contributed by atoms with Crippen LogP contribution in [0.4, 0.5) is 0 Å². The summed E-state index contributed by atoms with van der Waals surface area (Å²) in [5.41, 5.74) is 0. The zero-order chi connectivity index (χ0) is 0. The topological polar surface area (TPSA) is 0 Å². The smallest absolute Gasteiger partial charge is 0 e. The molecule has 0 nitrogen and oxygen atoms in total. The fourth-order valence-corrected chi connectivity index (χ4v) is 0. The van der Waals surface area contributed by atoms with Gasteiger partial charge >= 0.3 is 59.4 Å². The first-order valence-electron chi connectivity index (χ1n) is 0. The Balaban J connectivity index is 0. The molecule has 4 heavy (non-hydrogen) atoms. The van der Waals surface area contributed by atoms with Gasteiger partial charge in [-0.3, -0.25) is 0 Å². The standard InChI is InChI=1S/3Ga.Os.9H. The summed E-state index contributed by atoms with van der Waals surface area (Å²) < 4.78 is 0. The largest absolute Gasteiger partial charge is 0 e. The summed E-state index contributed by atoms with van der Waals surface area (Å²) in [4.78, 5) is 0. The zero-order valence-corrected chi connectivity index (χ0v) is 2.89. The van der Waals surface area contributed by atoms with Crippen molar-refractivity contribution < 1.29 is 19.8 Å². The number of rotatable bonds is 0. The van der Waals surface area contributed by atoms with Crippen molar-refractivity contribution in [3.8, 4) is 0 Å². The second-order valence-electron chi connectivity index (χ2n) is 0. The molecule has 0 saturated heterocycles. The third-order valence-electron chi connectivity index (χ3n) is 0. The molecule has 0 bridgehead atoms. The minimum Gasteiger partial charge on any atom is 0 e. The maximum atomic E-state index is 0. The first-order valence-corrected chi connectivity index (χ1v) is 0. The van der Waals surface area contributed by atoms with Gasteiger partial charge in [-0.25, -0.2) is 0 Å². The molecule has 0 N–H and O–H groups in total. The Labute approximate surface area is 78.1 Å². The molecule has 0 spiro atoms. The van der Waals surface area contributed by atoms with Crippen LogP contribution in [0, 0.1) is 0 Å². The molecule has 0 aliphatic carbocycles. The van der Waals surface area contributed by atoms with Crippen molar-refractivity contribution in [2.75, 3.05) is 0 Å². The number of hydrogen-bond acceptors (Lipinski definition) is 0. The molecule has 0 fully saturated rings. The van der Waals surface area contributed by atoms with Gasteiger partial charge in [-0.2, -0.15) is 0 Å². The minimum atomic E-state index is 0. The minimum absolute atomic E-state index is 0. The van der Waals surface area contributed by atoms with Crippen LogP contribution in [0.25, 0.3) is 0 Å². The average Bonchev–Trinajstić information content (AvgIpc) is 0. The predicted molar refractivity (Wildman–Crippen MR) is 29.8 cm³/mol. The van der Waals surface area contributed by atoms with Crippen LogP contribution in [0.3, 0.4) is 0 Å². The molecule has 0 aromatic carbocycles. The fraction of sp³-hybridized carbons (Fsp3) is 0. The second kappa shape index (κ2) is 17.7. The Hall–Kier alpha value is 2.55. The quantitative estimate of drug-likeness (QED) is 0.364. The van der Waals surface area contributed by atoms with Crippen molar-refractivity contribution in [1.29, 1.82) is 0 Å². The van der Waals surface area contributed by atoms with Crippen molar-refractivity contribution in [3.05, 3.63) is 0 Å². The van der Waals surface area contributed by atoms with Gasteiger partial charge in [0.1, 0.15) is 0 Å². The molecule has 0 aliphatic heterocycles. The summed E-state index contributed by atoms with van der Waals surface area (Å²) in [5, 5.41) is 0. The molecule has 0 amide bonds. The van der Waals surface area contributed by atoms with E-state index in [4.69, 9.17) is 0 Å². The van der Waals surface area contributed by atoms with Gasteiger partial charge in [0, 0.05) is 19.8 Å². The molecule has 0 aromatic rings. The van der Waals surface area contributed by atoms with Crippen molar-refractivity contribution in [2.45, 2.75) is 0 Å². The van der Waals surface area contributed by atoms with Crippen LogP contribution in [0.15, 0.2) is 0 Å². The summed E-state index contributed by atoms with van der Waals surface area (Å²) in [6.45, 7) is 0. The van der Waals surface area contributed by atoms with Gasteiger partial charge in [-0.15, -0.1) is 0 Å². The molecule has 0 aromatic heterocycles.